The van der Waals surface area contributed by atoms with Gasteiger partial charge in [0.05, 0.1) is 6.20 Å². The second kappa shape index (κ2) is 13.1. The van der Waals surface area contributed by atoms with Gasteiger partial charge in [0, 0.05) is 37.3 Å². The summed E-state index contributed by atoms with van der Waals surface area (Å²) in [6, 6.07) is 12.3. The topological polar surface area (TPSA) is 83.8 Å². The van der Waals surface area contributed by atoms with E-state index in [2.05, 4.69) is 58.6 Å². The van der Waals surface area contributed by atoms with Crippen molar-refractivity contribution in [2.45, 2.75) is 12.1 Å². The van der Waals surface area contributed by atoms with Crippen molar-refractivity contribution in [3.63, 3.8) is 0 Å². The van der Waals surface area contributed by atoms with Crippen LogP contribution >= 0.6 is 0 Å². The van der Waals surface area contributed by atoms with Crippen LogP contribution in [-0.2, 0) is 52.4 Å². The van der Waals surface area contributed by atoms with Crippen LogP contribution in [0.15, 0.2) is 47.6 Å². The number of amides is 1. The molecule has 7 nitrogen and oxygen atoms in total. The zero-order valence-corrected chi connectivity index (χ0v) is 20.8. The fraction of sp³-hybridized carbons (Fsp3) is 0.381. The van der Waals surface area contributed by atoms with Gasteiger partial charge < -0.3 is 45.6 Å². The molecule has 1 aromatic carbocycles. The zero-order chi connectivity index (χ0) is 22.8. The summed E-state index contributed by atoms with van der Waals surface area (Å²) in [6.45, 7) is 0.810. The SMILES string of the molecule is CN(C)c1ccc(C2C=[n+]3cc(C(C[S-])[N-]CC[N-]C(=O)C[S-])ccc3=N2)cc1.[O]=[Tc+4]. The molecule has 2 aromatic rings. The number of aromatic nitrogens is 1. The number of benzene rings is 1. The molecule has 0 bridgehead atoms. The van der Waals surface area contributed by atoms with Gasteiger partial charge in [-0.05, 0) is 23.8 Å². The normalized spacial score (nSPS) is 15.0. The van der Waals surface area contributed by atoms with Gasteiger partial charge in [0.25, 0.3) is 0 Å². The van der Waals surface area contributed by atoms with Gasteiger partial charge >= 0.3 is 27.8 Å². The van der Waals surface area contributed by atoms with Crippen LogP contribution in [0.3, 0.4) is 0 Å². The quantitative estimate of drug-likeness (QED) is 0.275. The average molecular weight is 541 g/mol. The fourth-order valence-corrected chi connectivity index (χ4v) is 3.49. The summed E-state index contributed by atoms with van der Waals surface area (Å²) in [7, 11) is 4.06. The van der Waals surface area contributed by atoms with Crippen molar-refractivity contribution in [3.05, 3.63) is 76.1 Å². The molecule has 0 saturated heterocycles. The third-order valence-electron chi connectivity index (χ3n) is 4.71. The van der Waals surface area contributed by atoms with Gasteiger partial charge in [-0.3, -0.25) is 0 Å². The standard InChI is InChI=1S/C21H27N5OS2.O.Tc/c1-25(2)17-6-3-15(4-7-17)18-12-26-11-16(5-8-20(26)24-18)19(13-28)22-9-10-23-21(27)14-29;;/h3-8,11-12,18-19H,9-10,13-14H2,1-2H3,(H3,23,27,28,29);;/q;;+4/p-3. The van der Waals surface area contributed by atoms with Gasteiger partial charge in [0.15, 0.2) is 0 Å². The zero-order valence-electron chi connectivity index (χ0n) is 17.3. The van der Waals surface area contributed by atoms with Crippen LogP contribution in [0.2, 0.25) is 0 Å². The number of hydrogen-bond acceptors (Lipinski definition) is 6. The Balaban J connectivity index is 0.00000166. The Labute approximate surface area is 204 Å². The van der Waals surface area contributed by atoms with E-state index in [9.17, 15) is 4.79 Å². The van der Waals surface area contributed by atoms with Crippen molar-refractivity contribution in [1.82, 2.24) is 0 Å². The molecule has 2 atom stereocenters. The molecule has 0 fully saturated rings. The summed E-state index contributed by atoms with van der Waals surface area (Å²) in [5.74, 6) is 0.227. The molecule has 0 N–H and O–H groups in total. The number of fused-ring (bicyclic) bond motifs is 1. The fourth-order valence-electron chi connectivity index (χ4n) is 3.10. The van der Waals surface area contributed by atoms with E-state index in [1.54, 1.807) is 0 Å². The minimum absolute atomic E-state index is 0.0106. The van der Waals surface area contributed by atoms with E-state index >= 15 is 0 Å². The monoisotopic (exact) mass is 539 g/mol. The molecule has 2 unspecified atom stereocenters. The first-order valence-electron chi connectivity index (χ1n) is 9.58. The number of anilines is 1. The van der Waals surface area contributed by atoms with Crippen molar-refractivity contribution in [1.29, 1.82) is 0 Å². The summed E-state index contributed by atoms with van der Waals surface area (Å²) in [4.78, 5) is 18.0. The summed E-state index contributed by atoms with van der Waals surface area (Å²) in [5, 5.41) is 8.46. The second-order valence-electron chi connectivity index (χ2n) is 6.95. The van der Waals surface area contributed by atoms with Crippen molar-refractivity contribution in [3.8, 4) is 0 Å². The number of rotatable bonds is 9. The Hall–Kier alpha value is -1.58. The van der Waals surface area contributed by atoms with E-state index < -0.39 is 0 Å². The molecule has 163 valence electrons. The van der Waals surface area contributed by atoms with E-state index in [1.165, 1.54) is 0 Å². The van der Waals surface area contributed by atoms with E-state index in [0.717, 1.165) is 41.2 Å². The molecule has 3 rings (SSSR count). The van der Waals surface area contributed by atoms with Crippen LogP contribution in [0.1, 0.15) is 23.2 Å². The maximum absolute atomic E-state index is 11.2. The van der Waals surface area contributed by atoms with E-state index in [0.29, 0.717) is 18.8 Å². The first-order valence-corrected chi connectivity index (χ1v) is 11.5. The first kappa shape index (κ1) is 25.7. The summed E-state index contributed by atoms with van der Waals surface area (Å²) < 4.78 is 10.3. The minimum atomic E-state index is -0.265. The van der Waals surface area contributed by atoms with Crippen molar-refractivity contribution in [2.24, 2.45) is 4.99 Å². The molecule has 2 heterocycles. The van der Waals surface area contributed by atoms with Crippen molar-refractivity contribution < 1.29 is 31.4 Å². The molecule has 0 spiro atoms. The van der Waals surface area contributed by atoms with Gasteiger partial charge in [0.2, 0.25) is 6.04 Å². The van der Waals surface area contributed by atoms with Gasteiger partial charge in [-0.2, -0.15) is 12.3 Å². The van der Waals surface area contributed by atoms with Gasteiger partial charge in [0.1, 0.15) is 6.21 Å². The molecule has 10 heteroatoms. The molecule has 0 saturated carbocycles. The number of pyridine rings is 1. The predicted octanol–water partition coefficient (Wildman–Crippen LogP) is 1.71. The van der Waals surface area contributed by atoms with E-state index in [-0.39, 0.29) is 23.7 Å². The van der Waals surface area contributed by atoms with Crippen molar-refractivity contribution in [2.75, 3.05) is 43.6 Å². The maximum atomic E-state index is 11.2. The van der Waals surface area contributed by atoms with E-state index in [4.69, 9.17) is 21.1 Å². The van der Waals surface area contributed by atoms with Crippen LogP contribution < -0.4 is 14.6 Å². The Bertz CT molecular complexity index is 988. The summed E-state index contributed by atoms with van der Waals surface area (Å²) >= 11 is 10.9. The number of hydrogen-bond donors (Lipinski definition) is 0. The first-order chi connectivity index (χ1) is 15.0. The molecular weight excluding hydrogens is 516 g/mol. The number of nitrogens with zero attached hydrogens (tertiary/aromatic N) is 5. The van der Waals surface area contributed by atoms with Gasteiger partial charge in [-0.25, -0.2) is 4.24 Å². The molecule has 1 aliphatic heterocycles. The molecule has 1 aromatic heterocycles. The number of carbonyl (C=O) groups is 1. The average Bonchev–Trinajstić information content (AvgIpc) is 3.23. The van der Waals surface area contributed by atoms with Gasteiger partial charge in [-0.1, -0.05) is 17.1 Å². The number of carbonyl (C=O) groups excluding carboxylic acids is 1. The van der Waals surface area contributed by atoms with Crippen LogP contribution in [0, 0.1) is 6.21 Å². The Morgan fingerprint density at radius 3 is 2.48 bits per heavy atom. The molecular formula is C21H24N5O2S2Tc+. The van der Waals surface area contributed by atoms with E-state index in [1.807, 2.05) is 36.7 Å². The molecule has 0 radical (unpaired) electrons. The van der Waals surface area contributed by atoms with Gasteiger partial charge in [-0.15, -0.1) is 18.3 Å². The summed E-state index contributed by atoms with van der Waals surface area (Å²) in [6.07, 6.45) is 4.14. The third-order valence-corrected chi connectivity index (χ3v) is 5.27. The summed E-state index contributed by atoms with van der Waals surface area (Å²) in [5.41, 5.74) is 4.26. The molecule has 1 amide bonds. The molecule has 1 aliphatic rings. The third kappa shape index (κ3) is 7.22. The van der Waals surface area contributed by atoms with Crippen LogP contribution in [0.4, 0.5) is 5.69 Å². The predicted molar refractivity (Wildman–Crippen MR) is 120 cm³/mol. The molecule has 0 aliphatic carbocycles. The van der Waals surface area contributed by atoms with Crippen LogP contribution in [-0.4, -0.2) is 44.6 Å². The molecule has 31 heavy (non-hydrogen) atoms. The van der Waals surface area contributed by atoms with Crippen LogP contribution in [0.5, 0.6) is 0 Å². The Kier molecular flexibility index (Phi) is 10.8. The van der Waals surface area contributed by atoms with Crippen molar-refractivity contribution >= 4 is 36.9 Å². The Morgan fingerprint density at radius 1 is 1.16 bits per heavy atom. The Morgan fingerprint density at radius 2 is 1.87 bits per heavy atom. The van der Waals surface area contributed by atoms with Crippen LogP contribution in [0.25, 0.3) is 10.6 Å². The second-order valence-corrected chi connectivity index (χ2v) is 7.57.